The van der Waals surface area contributed by atoms with Gasteiger partial charge in [-0.3, -0.25) is 14.5 Å². The summed E-state index contributed by atoms with van der Waals surface area (Å²) in [6, 6.07) is 13.2. The molecule has 11 heteroatoms. The summed E-state index contributed by atoms with van der Waals surface area (Å²) in [5.74, 6) is -2.02. The number of nitrogens with zero attached hydrogens (tertiary/aromatic N) is 2. The molecule has 0 radical (unpaired) electrons. The lowest BCUT2D eigenvalue weighted by atomic mass is 9.95. The molecule has 2 heterocycles. The van der Waals surface area contributed by atoms with Crippen molar-refractivity contribution in [3.63, 3.8) is 0 Å². The predicted molar refractivity (Wildman–Crippen MR) is 143 cm³/mol. The number of imidazole rings is 1. The number of aromatic hydroxyl groups is 1. The van der Waals surface area contributed by atoms with Gasteiger partial charge in [-0.05, 0) is 48.9 Å². The molecular formula is C27H21Cl2N3O6. The standard InChI is InChI=1S/C27H21Cl2N3O6/c1-3-38-20-12-13(8-9-19(20)33)22-21(23(34)14-10-15(28)25(37-2)16(29)11-14)24(35)26(36)32(22)27-30-17-6-4-5-7-18(17)31-27/h4-12,22,33-34H,3H2,1-2H3,(H,30,31)/b23-21+. The van der Waals surface area contributed by atoms with E-state index in [1.165, 1.54) is 42.3 Å². The third kappa shape index (κ3) is 4.19. The summed E-state index contributed by atoms with van der Waals surface area (Å²) in [5.41, 5.74) is 1.51. The lowest BCUT2D eigenvalue weighted by molar-refractivity contribution is -0.132. The summed E-state index contributed by atoms with van der Waals surface area (Å²) < 4.78 is 10.7. The quantitative estimate of drug-likeness (QED) is 0.161. The first kappa shape index (κ1) is 25.4. The number of halogens is 2. The third-order valence-electron chi connectivity index (χ3n) is 6.12. The number of carbonyl (C=O) groups excluding carboxylic acids is 2. The Labute approximate surface area is 226 Å². The normalized spacial score (nSPS) is 16.8. The summed E-state index contributed by atoms with van der Waals surface area (Å²) in [6.07, 6.45) is 0. The number of nitrogens with one attached hydrogen (secondary N) is 1. The van der Waals surface area contributed by atoms with E-state index in [2.05, 4.69) is 9.97 Å². The molecule has 194 valence electrons. The number of aromatic nitrogens is 2. The zero-order valence-electron chi connectivity index (χ0n) is 20.2. The SMILES string of the molecule is CCOc1cc(C2/C(=C(\O)c3cc(Cl)c(OC)c(Cl)c3)C(=O)C(=O)N2c2nc3ccccc3[nH]2)ccc1O. The van der Waals surface area contributed by atoms with Gasteiger partial charge in [-0.2, -0.15) is 0 Å². The van der Waals surface area contributed by atoms with Gasteiger partial charge >= 0.3 is 5.91 Å². The van der Waals surface area contributed by atoms with Gasteiger partial charge in [0.1, 0.15) is 5.76 Å². The molecule has 4 aromatic rings. The highest BCUT2D eigenvalue weighted by atomic mass is 35.5. The van der Waals surface area contributed by atoms with E-state index < -0.39 is 23.5 Å². The number of benzene rings is 3. The Balaban J connectivity index is 1.75. The van der Waals surface area contributed by atoms with Crippen molar-refractivity contribution in [1.29, 1.82) is 0 Å². The molecule has 1 atom stereocenters. The summed E-state index contributed by atoms with van der Waals surface area (Å²) in [7, 11) is 1.40. The Morgan fingerprint density at radius 3 is 2.47 bits per heavy atom. The number of hydrogen-bond acceptors (Lipinski definition) is 7. The maximum atomic E-state index is 13.5. The van der Waals surface area contributed by atoms with E-state index in [1.807, 2.05) is 0 Å². The van der Waals surface area contributed by atoms with Gasteiger partial charge in [0.15, 0.2) is 17.2 Å². The zero-order valence-corrected chi connectivity index (χ0v) is 21.7. The van der Waals surface area contributed by atoms with E-state index in [4.69, 9.17) is 32.7 Å². The number of hydrogen-bond donors (Lipinski definition) is 3. The van der Waals surface area contributed by atoms with Crippen LogP contribution in [0.5, 0.6) is 17.2 Å². The van der Waals surface area contributed by atoms with Crippen LogP contribution in [-0.4, -0.2) is 45.6 Å². The van der Waals surface area contributed by atoms with Crippen LogP contribution in [0.15, 0.2) is 60.2 Å². The lowest BCUT2D eigenvalue weighted by Gasteiger charge is -2.23. The third-order valence-corrected chi connectivity index (χ3v) is 6.69. The number of phenolic OH excluding ortho intramolecular Hbond substituents is 1. The molecule has 0 aliphatic carbocycles. The molecule has 3 N–H and O–H groups in total. The molecule has 1 aliphatic heterocycles. The topological polar surface area (TPSA) is 125 Å². The van der Waals surface area contributed by atoms with Crippen LogP contribution in [0.1, 0.15) is 24.1 Å². The number of phenols is 1. The first-order valence-electron chi connectivity index (χ1n) is 11.5. The molecule has 3 aromatic carbocycles. The Kier molecular flexibility index (Phi) is 6.64. The first-order chi connectivity index (χ1) is 18.2. The highest BCUT2D eigenvalue weighted by Gasteiger charge is 2.48. The van der Waals surface area contributed by atoms with Crippen LogP contribution >= 0.6 is 23.2 Å². The summed E-state index contributed by atoms with van der Waals surface area (Å²) in [5, 5.41) is 21.9. The highest BCUT2D eigenvalue weighted by Crippen LogP contribution is 2.45. The fraction of sp³-hybridized carbons (Fsp3) is 0.148. The van der Waals surface area contributed by atoms with Crippen molar-refractivity contribution in [1.82, 2.24) is 9.97 Å². The average Bonchev–Trinajstić information content (AvgIpc) is 3.43. The Hall–Kier alpha value is -4.21. The van der Waals surface area contributed by atoms with Crippen molar-refractivity contribution < 1.29 is 29.3 Å². The van der Waals surface area contributed by atoms with Gasteiger partial charge in [-0.25, -0.2) is 4.98 Å². The molecule has 9 nitrogen and oxygen atoms in total. The number of ether oxygens (including phenoxy) is 2. The van der Waals surface area contributed by atoms with E-state index in [-0.39, 0.29) is 51.0 Å². The molecule has 1 aromatic heterocycles. The summed E-state index contributed by atoms with van der Waals surface area (Å²) >= 11 is 12.6. The number of Topliss-reactive ketones (excluding diaryl/α,β-unsaturated/α-hetero) is 1. The fourth-order valence-electron chi connectivity index (χ4n) is 4.44. The molecule has 0 bridgehead atoms. The molecule has 38 heavy (non-hydrogen) atoms. The highest BCUT2D eigenvalue weighted by molar-refractivity contribution is 6.51. The second-order valence-electron chi connectivity index (χ2n) is 8.38. The summed E-state index contributed by atoms with van der Waals surface area (Å²) in [4.78, 5) is 35.6. The fourth-order valence-corrected chi connectivity index (χ4v) is 5.08. The van der Waals surface area contributed by atoms with Crippen molar-refractivity contribution in [2.75, 3.05) is 18.6 Å². The van der Waals surface area contributed by atoms with Crippen LogP contribution in [0.3, 0.4) is 0 Å². The maximum absolute atomic E-state index is 13.5. The van der Waals surface area contributed by atoms with Gasteiger partial charge in [-0.1, -0.05) is 41.4 Å². The van der Waals surface area contributed by atoms with Gasteiger partial charge in [0.2, 0.25) is 5.95 Å². The number of aromatic amines is 1. The zero-order chi connectivity index (χ0) is 27.1. The number of ketones is 1. The Bertz CT molecular complexity index is 1570. The van der Waals surface area contributed by atoms with Crippen LogP contribution in [0.4, 0.5) is 5.95 Å². The minimum Gasteiger partial charge on any atom is -0.507 e. The molecule has 5 rings (SSSR count). The van der Waals surface area contributed by atoms with E-state index >= 15 is 0 Å². The van der Waals surface area contributed by atoms with Crippen LogP contribution in [0, 0.1) is 0 Å². The lowest BCUT2D eigenvalue weighted by Crippen LogP contribution is -2.30. The van der Waals surface area contributed by atoms with E-state index in [0.717, 1.165) is 0 Å². The second-order valence-corrected chi connectivity index (χ2v) is 9.19. The number of carbonyl (C=O) groups is 2. The number of aliphatic hydroxyl groups is 1. The number of amides is 1. The molecule has 1 aliphatic rings. The van der Waals surface area contributed by atoms with Crippen molar-refractivity contribution in [2.24, 2.45) is 0 Å². The van der Waals surface area contributed by atoms with Crippen LogP contribution < -0.4 is 14.4 Å². The van der Waals surface area contributed by atoms with E-state index in [9.17, 15) is 19.8 Å². The van der Waals surface area contributed by atoms with Gasteiger partial charge < -0.3 is 24.7 Å². The number of para-hydroxylation sites is 2. The van der Waals surface area contributed by atoms with Crippen LogP contribution in [0.25, 0.3) is 16.8 Å². The summed E-state index contributed by atoms with van der Waals surface area (Å²) in [6.45, 7) is 2.02. The minimum absolute atomic E-state index is 0.105. The molecular weight excluding hydrogens is 533 g/mol. The minimum atomic E-state index is -1.13. The van der Waals surface area contributed by atoms with Gasteiger partial charge in [0.05, 0.1) is 46.4 Å². The monoisotopic (exact) mass is 553 g/mol. The van der Waals surface area contributed by atoms with Crippen molar-refractivity contribution in [2.45, 2.75) is 13.0 Å². The number of aliphatic hydroxyl groups excluding tert-OH is 1. The number of rotatable bonds is 6. The molecule has 0 spiro atoms. The second kappa shape index (κ2) is 9.92. The molecule has 1 amide bonds. The van der Waals surface area contributed by atoms with Crippen LogP contribution in [0.2, 0.25) is 10.0 Å². The average molecular weight is 554 g/mol. The predicted octanol–water partition coefficient (Wildman–Crippen LogP) is 5.61. The van der Waals surface area contributed by atoms with Gasteiger partial charge in [0.25, 0.3) is 5.78 Å². The number of methoxy groups -OCH3 is 1. The largest absolute Gasteiger partial charge is 0.507 e. The van der Waals surface area contributed by atoms with Gasteiger partial charge in [0, 0.05) is 5.56 Å². The number of anilines is 1. The first-order valence-corrected chi connectivity index (χ1v) is 12.3. The Morgan fingerprint density at radius 2 is 1.82 bits per heavy atom. The van der Waals surface area contributed by atoms with Crippen molar-refractivity contribution >= 4 is 57.6 Å². The Morgan fingerprint density at radius 1 is 1.11 bits per heavy atom. The number of fused-ring (bicyclic) bond motifs is 1. The van der Waals surface area contributed by atoms with Crippen molar-refractivity contribution in [3.05, 3.63) is 81.3 Å². The molecule has 1 fully saturated rings. The van der Waals surface area contributed by atoms with E-state index in [1.54, 1.807) is 31.2 Å². The molecule has 1 unspecified atom stereocenters. The molecule has 1 saturated heterocycles. The van der Waals surface area contributed by atoms with Crippen LogP contribution in [-0.2, 0) is 9.59 Å². The maximum Gasteiger partial charge on any atom is 0.302 e. The van der Waals surface area contributed by atoms with E-state index in [0.29, 0.717) is 16.6 Å². The van der Waals surface area contributed by atoms with Gasteiger partial charge in [-0.15, -0.1) is 0 Å². The van der Waals surface area contributed by atoms with Crippen molar-refractivity contribution in [3.8, 4) is 17.2 Å². The smallest absolute Gasteiger partial charge is 0.302 e. The number of H-pyrrole nitrogens is 1. The molecule has 0 saturated carbocycles.